The van der Waals surface area contributed by atoms with Gasteiger partial charge in [-0.1, -0.05) is 12.1 Å². The lowest BCUT2D eigenvalue weighted by molar-refractivity contribution is 0.122. The molecule has 5 heterocycles. The van der Waals surface area contributed by atoms with Crippen LogP contribution in [-0.4, -0.2) is 109 Å². The maximum absolute atomic E-state index is 13.6. The van der Waals surface area contributed by atoms with E-state index in [4.69, 9.17) is 14.7 Å². The van der Waals surface area contributed by atoms with Gasteiger partial charge in [-0.15, -0.1) is 11.3 Å². The predicted octanol–water partition coefficient (Wildman–Crippen LogP) is 1.37. The Hall–Kier alpha value is -2.68. The van der Waals surface area contributed by atoms with E-state index in [-0.39, 0.29) is 10.8 Å². The van der Waals surface area contributed by atoms with Crippen LogP contribution in [0.3, 0.4) is 0 Å². The first-order chi connectivity index (χ1) is 17.5. The Bertz CT molecular complexity index is 1490. The van der Waals surface area contributed by atoms with Gasteiger partial charge >= 0.3 is 0 Å². The molecule has 2 N–H and O–H groups in total. The molecule has 0 atom stereocenters. The van der Waals surface area contributed by atoms with Gasteiger partial charge in [0.1, 0.15) is 4.21 Å². The van der Waals surface area contributed by atoms with Gasteiger partial charge in [0.25, 0.3) is 10.0 Å². The summed E-state index contributed by atoms with van der Waals surface area (Å²) in [5, 5.41) is 17.2. The molecule has 0 radical (unpaired) electrons. The standard InChI is InChI=1S/C23H27N7O4S2/c31-11-8-28-4-6-30(7-5-28)36(32,33)20-14-19-21(35-20)23(29-9-12-34-13-10-29)26-22(25-19)16-2-1-3-18-17(16)15-24-27-18/h1-3,14-15,31H,4-13H2,(H,24,27). The molecule has 2 aliphatic heterocycles. The molecule has 0 saturated carbocycles. The molecule has 0 bridgehead atoms. The fourth-order valence-corrected chi connectivity index (χ4v) is 7.75. The summed E-state index contributed by atoms with van der Waals surface area (Å²) in [7, 11) is -3.68. The fourth-order valence-electron chi connectivity index (χ4n) is 4.76. The van der Waals surface area contributed by atoms with E-state index in [1.54, 1.807) is 12.3 Å². The lowest BCUT2D eigenvalue weighted by Crippen LogP contribution is -2.49. The smallest absolute Gasteiger partial charge is 0.252 e. The van der Waals surface area contributed by atoms with E-state index in [2.05, 4.69) is 20.0 Å². The number of rotatable bonds is 6. The minimum absolute atomic E-state index is 0.0704. The molecule has 4 aromatic rings. The van der Waals surface area contributed by atoms with Crippen molar-refractivity contribution in [3.05, 3.63) is 30.5 Å². The minimum Gasteiger partial charge on any atom is -0.395 e. The number of fused-ring (bicyclic) bond motifs is 2. The Morgan fingerprint density at radius 3 is 2.67 bits per heavy atom. The predicted molar refractivity (Wildman–Crippen MR) is 138 cm³/mol. The SMILES string of the molecule is O=S(=O)(c1cc2nc(-c3cccc4[nH]ncc34)nc(N3CCOCC3)c2s1)N1CCN(CCO)CC1. The quantitative estimate of drug-likeness (QED) is 0.381. The Labute approximate surface area is 212 Å². The second-order valence-corrected chi connectivity index (χ2v) is 12.1. The molecular weight excluding hydrogens is 502 g/mol. The van der Waals surface area contributed by atoms with Crippen LogP contribution in [0.2, 0.25) is 0 Å². The van der Waals surface area contributed by atoms with Crippen molar-refractivity contribution in [2.45, 2.75) is 4.21 Å². The summed E-state index contributed by atoms with van der Waals surface area (Å²) in [6, 6.07) is 7.51. The highest BCUT2D eigenvalue weighted by molar-refractivity contribution is 7.91. The molecule has 190 valence electrons. The van der Waals surface area contributed by atoms with Crippen molar-refractivity contribution in [3.63, 3.8) is 0 Å². The normalized spacial score (nSPS) is 18.4. The highest BCUT2D eigenvalue weighted by Gasteiger charge is 2.31. The second-order valence-electron chi connectivity index (χ2n) is 8.86. The van der Waals surface area contributed by atoms with Crippen LogP contribution in [0, 0.1) is 0 Å². The molecule has 13 heteroatoms. The number of anilines is 1. The molecule has 11 nitrogen and oxygen atoms in total. The zero-order chi connectivity index (χ0) is 24.7. The van der Waals surface area contributed by atoms with Crippen molar-refractivity contribution in [1.82, 2.24) is 29.4 Å². The molecule has 2 saturated heterocycles. The maximum Gasteiger partial charge on any atom is 0.252 e. The van der Waals surface area contributed by atoms with Crippen LogP contribution in [-0.2, 0) is 14.8 Å². The van der Waals surface area contributed by atoms with Gasteiger partial charge in [-0.05, 0) is 12.1 Å². The van der Waals surface area contributed by atoms with Gasteiger partial charge in [-0.3, -0.25) is 10.00 Å². The Morgan fingerprint density at radius 1 is 1.08 bits per heavy atom. The first-order valence-electron chi connectivity index (χ1n) is 11.9. The van der Waals surface area contributed by atoms with E-state index in [0.29, 0.717) is 70.4 Å². The lowest BCUT2D eigenvalue weighted by atomic mass is 10.1. The summed E-state index contributed by atoms with van der Waals surface area (Å²) < 4.78 is 35.3. The number of aliphatic hydroxyl groups excluding tert-OH is 1. The number of H-pyrrole nitrogens is 1. The molecule has 1 aromatic carbocycles. The number of aliphatic hydroxyl groups is 1. The summed E-state index contributed by atoms with van der Waals surface area (Å²) in [5.41, 5.74) is 2.34. The molecule has 0 spiro atoms. The van der Waals surface area contributed by atoms with E-state index in [1.165, 1.54) is 15.6 Å². The largest absolute Gasteiger partial charge is 0.395 e. The first kappa shape index (κ1) is 23.7. The van der Waals surface area contributed by atoms with Gasteiger partial charge in [-0.2, -0.15) is 9.40 Å². The number of nitrogens with one attached hydrogen (secondary N) is 1. The van der Waals surface area contributed by atoms with Crippen LogP contribution in [0.1, 0.15) is 0 Å². The number of hydrogen-bond acceptors (Lipinski definition) is 10. The average molecular weight is 530 g/mol. The third-order valence-electron chi connectivity index (χ3n) is 6.71. The fraction of sp³-hybridized carbons (Fsp3) is 0.435. The van der Waals surface area contributed by atoms with Crippen LogP contribution >= 0.6 is 11.3 Å². The van der Waals surface area contributed by atoms with Crippen molar-refractivity contribution in [1.29, 1.82) is 0 Å². The van der Waals surface area contributed by atoms with Crippen LogP contribution < -0.4 is 4.90 Å². The number of nitrogens with zero attached hydrogens (tertiary/aromatic N) is 6. The highest BCUT2D eigenvalue weighted by atomic mass is 32.2. The number of aromatic amines is 1. The van der Waals surface area contributed by atoms with Crippen molar-refractivity contribution in [3.8, 4) is 11.4 Å². The lowest BCUT2D eigenvalue weighted by Gasteiger charge is -2.33. The van der Waals surface area contributed by atoms with Crippen LogP contribution in [0.25, 0.3) is 32.5 Å². The van der Waals surface area contributed by atoms with Gasteiger partial charge < -0.3 is 14.7 Å². The number of ether oxygens (including phenoxy) is 1. The van der Waals surface area contributed by atoms with E-state index < -0.39 is 10.0 Å². The Kier molecular flexibility index (Phi) is 6.35. The van der Waals surface area contributed by atoms with Crippen LogP contribution in [0.15, 0.2) is 34.7 Å². The van der Waals surface area contributed by atoms with Gasteiger partial charge in [0.15, 0.2) is 11.6 Å². The molecule has 0 unspecified atom stereocenters. The Balaban J connectivity index is 1.43. The number of aromatic nitrogens is 4. The van der Waals surface area contributed by atoms with Gasteiger partial charge in [0.05, 0.1) is 41.8 Å². The monoisotopic (exact) mass is 529 g/mol. The number of β-amino-alcohol motifs (C(OH)–C–C–N with tert-alkyl or cyclic N) is 1. The number of piperazine rings is 1. The average Bonchev–Trinajstić information content (AvgIpc) is 3.57. The third kappa shape index (κ3) is 4.25. The highest BCUT2D eigenvalue weighted by Crippen LogP contribution is 2.38. The number of sulfonamides is 1. The van der Waals surface area contributed by atoms with Crippen LogP contribution in [0.4, 0.5) is 5.82 Å². The molecule has 0 aliphatic carbocycles. The molecule has 3 aromatic heterocycles. The van der Waals surface area contributed by atoms with Crippen molar-refractivity contribution >= 4 is 48.3 Å². The maximum atomic E-state index is 13.6. The minimum atomic E-state index is -3.68. The zero-order valence-corrected chi connectivity index (χ0v) is 21.3. The van der Waals surface area contributed by atoms with Gasteiger partial charge in [-0.25, -0.2) is 18.4 Å². The van der Waals surface area contributed by atoms with E-state index >= 15 is 0 Å². The summed E-state index contributed by atoms with van der Waals surface area (Å²) in [6.07, 6.45) is 1.76. The van der Waals surface area contributed by atoms with E-state index in [0.717, 1.165) is 27.0 Å². The van der Waals surface area contributed by atoms with Crippen LogP contribution in [0.5, 0.6) is 0 Å². The second kappa shape index (κ2) is 9.65. The number of thiophene rings is 1. The summed E-state index contributed by atoms with van der Waals surface area (Å²) in [4.78, 5) is 14.0. The molecule has 0 amide bonds. The van der Waals surface area contributed by atoms with Gasteiger partial charge in [0.2, 0.25) is 0 Å². The van der Waals surface area contributed by atoms with E-state index in [9.17, 15) is 13.5 Å². The molecule has 36 heavy (non-hydrogen) atoms. The zero-order valence-electron chi connectivity index (χ0n) is 19.6. The Morgan fingerprint density at radius 2 is 1.89 bits per heavy atom. The summed E-state index contributed by atoms with van der Waals surface area (Å²) in [5.74, 6) is 1.27. The molecule has 2 aliphatic rings. The van der Waals surface area contributed by atoms with Crippen molar-refractivity contribution < 1.29 is 18.3 Å². The summed E-state index contributed by atoms with van der Waals surface area (Å²) in [6.45, 7) is 5.15. The van der Waals surface area contributed by atoms with Crippen molar-refractivity contribution in [2.24, 2.45) is 0 Å². The molecule has 2 fully saturated rings. The number of morpholine rings is 1. The topological polar surface area (TPSA) is 128 Å². The third-order valence-corrected chi connectivity index (χ3v) is 10.2. The molecular formula is C23H27N7O4S2. The first-order valence-corrected chi connectivity index (χ1v) is 14.2. The number of hydrogen-bond donors (Lipinski definition) is 2. The van der Waals surface area contributed by atoms with E-state index in [1.807, 2.05) is 18.2 Å². The summed E-state index contributed by atoms with van der Waals surface area (Å²) >= 11 is 1.23. The van der Waals surface area contributed by atoms with Gasteiger partial charge in [0, 0.05) is 56.8 Å². The molecule has 6 rings (SSSR count). The van der Waals surface area contributed by atoms with Crippen molar-refractivity contribution in [2.75, 3.05) is 70.5 Å². The number of benzene rings is 1.